The van der Waals surface area contributed by atoms with E-state index in [4.69, 9.17) is 0 Å². The lowest BCUT2D eigenvalue weighted by Gasteiger charge is -2.28. The molecule has 0 spiro atoms. The van der Waals surface area contributed by atoms with Gasteiger partial charge in [0.2, 0.25) is 0 Å². The lowest BCUT2D eigenvalue weighted by atomic mass is 10.00. The Morgan fingerprint density at radius 1 is 0.253 bits per heavy atom. The Kier molecular flexibility index (Phi) is 10.8. The topological polar surface area (TPSA) is 16.3 Å². The molecule has 83 heavy (non-hydrogen) atoms. The Hall–Kier alpha value is -10.7. The largest absolute Gasteiger partial charge is 0.310 e. The molecule has 0 saturated carbocycles. The van der Waals surface area contributed by atoms with Crippen LogP contribution in [-0.4, -0.2) is 9.13 Å². The third-order valence-corrected chi connectivity index (χ3v) is 18.0. The van der Waals surface area contributed by atoms with Gasteiger partial charge in [0, 0.05) is 71.4 Å². The van der Waals surface area contributed by atoms with E-state index in [1.165, 1.54) is 108 Å². The van der Waals surface area contributed by atoms with Crippen LogP contribution in [0.3, 0.4) is 0 Å². The molecule has 388 valence electrons. The van der Waals surface area contributed by atoms with Crippen molar-refractivity contribution in [3.05, 3.63) is 303 Å². The average Bonchev–Trinajstić information content (AvgIpc) is 4.36. The van der Waals surface area contributed by atoms with Crippen LogP contribution in [0.2, 0.25) is 0 Å². The second-order valence-corrected chi connectivity index (χ2v) is 22.7. The maximum atomic E-state index is 2.48. The summed E-state index contributed by atoms with van der Waals surface area (Å²) in [5.74, 6) is 0. The second-order valence-electron chi connectivity index (χ2n) is 21.8. The van der Waals surface area contributed by atoms with Crippen molar-refractivity contribution in [1.82, 2.24) is 9.13 Å². The number of aromatic nitrogens is 2. The van der Waals surface area contributed by atoms with Gasteiger partial charge < -0.3 is 18.9 Å². The average molecular weight is 1080 g/mol. The summed E-state index contributed by atoms with van der Waals surface area (Å²) in [4.78, 5) is 4.90. The van der Waals surface area contributed by atoms with Gasteiger partial charge in [-0.3, -0.25) is 0 Å². The van der Waals surface area contributed by atoms with Crippen molar-refractivity contribution >= 4 is 142 Å². The van der Waals surface area contributed by atoms with Crippen molar-refractivity contribution in [2.24, 2.45) is 0 Å². The molecular weight excluding hydrogens is 1020 g/mol. The van der Waals surface area contributed by atoms with Crippen molar-refractivity contribution in [3.63, 3.8) is 0 Å². The highest BCUT2D eigenvalue weighted by Crippen LogP contribution is 2.48. The molecule has 0 aliphatic heterocycles. The van der Waals surface area contributed by atoms with E-state index in [0.717, 1.165) is 45.5 Å². The van der Waals surface area contributed by atoms with E-state index < -0.39 is 0 Å². The lowest BCUT2D eigenvalue weighted by Crippen LogP contribution is -2.10. The summed E-state index contributed by atoms with van der Waals surface area (Å²) in [5.41, 5.74) is 16.0. The number of benzene rings is 14. The molecule has 0 aliphatic carbocycles. The summed E-state index contributed by atoms with van der Waals surface area (Å²) in [6.45, 7) is 0. The molecule has 0 fully saturated rings. The Bertz CT molecular complexity index is 5400. The molecule has 5 heteroatoms. The number of para-hydroxylation sites is 4. The highest BCUT2D eigenvalue weighted by atomic mass is 32.1. The molecule has 0 aliphatic rings. The van der Waals surface area contributed by atoms with Gasteiger partial charge in [0.25, 0.3) is 0 Å². The Morgan fingerprint density at radius 2 is 0.663 bits per heavy atom. The number of rotatable bonds is 9. The first-order valence-corrected chi connectivity index (χ1v) is 29.2. The van der Waals surface area contributed by atoms with Gasteiger partial charge in [0.1, 0.15) is 0 Å². The summed E-state index contributed by atoms with van der Waals surface area (Å²) < 4.78 is 6.02. The van der Waals surface area contributed by atoms with Crippen LogP contribution < -0.4 is 9.80 Å². The van der Waals surface area contributed by atoms with E-state index in [2.05, 4.69) is 322 Å². The first-order chi connectivity index (χ1) is 41.1. The van der Waals surface area contributed by atoms with E-state index in [-0.39, 0.29) is 0 Å². The smallest absolute Gasteiger partial charge is 0.0548 e. The Balaban J connectivity index is 0.810. The molecule has 0 unspecified atom stereocenters. The van der Waals surface area contributed by atoms with Crippen LogP contribution in [0, 0.1) is 0 Å². The third-order valence-electron chi connectivity index (χ3n) is 17.0. The molecular formula is C78H50N4S. The summed E-state index contributed by atoms with van der Waals surface area (Å²) in [5, 5.41) is 18.1. The van der Waals surface area contributed by atoms with E-state index in [1.54, 1.807) is 11.3 Å². The first-order valence-electron chi connectivity index (χ1n) is 28.4. The molecule has 3 aromatic heterocycles. The first kappa shape index (κ1) is 47.1. The summed E-state index contributed by atoms with van der Waals surface area (Å²) in [6.07, 6.45) is 0. The SMILES string of the molecule is c1ccc(-n2c3ccccc3c3cc(N(c4ccc(-c5ccc(N(c6ccc7cc8ccccc8cc7c6)c6ccc7c(c6)c6ccccc6n7-c6ccccc6)c6ccsc56)cc4)c4ccc5cc6ccccc6cc5c4)ccc32)cc1. The molecule has 0 bridgehead atoms. The van der Waals surface area contributed by atoms with Gasteiger partial charge >= 0.3 is 0 Å². The quantitative estimate of drug-likeness (QED) is 0.134. The molecule has 0 atom stereocenters. The molecule has 17 rings (SSSR count). The fraction of sp³-hybridized carbons (Fsp3) is 0. The number of anilines is 6. The van der Waals surface area contributed by atoms with Crippen LogP contribution in [0.1, 0.15) is 0 Å². The van der Waals surface area contributed by atoms with Gasteiger partial charge in [0.05, 0.1) is 27.8 Å². The van der Waals surface area contributed by atoms with Crippen LogP contribution in [-0.2, 0) is 0 Å². The minimum absolute atomic E-state index is 1.08. The molecule has 4 nitrogen and oxygen atoms in total. The number of thiophene rings is 1. The van der Waals surface area contributed by atoms with Gasteiger partial charge in [-0.2, -0.15) is 0 Å². The summed E-state index contributed by atoms with van der Waals surface area (Å²) in [6, 6.07) is 110. The van der Waals surface area contributed by atoms with Gasteiger partial charge in [0.15, 0.2) is 0 Å². The van der Waals surface area contributed by atoms with Gasteiger partial charge in [-0.05, 0) is 205 Å². The zero-order valence-electron chi connectivity index (χ0n) is 45.1. The third kappa shape index (κ3) is 7.74. The Morgan fingerprint density at radius 3 is 1.20 bits per heavy atom. The lowest BCUT2D eigenvalue weighted by molar-refractivity contribution is 1.18. The van der Waals surface area contributed by atoms with Crippen LogP contribution in [0.15, 0.2) is 303 Å². The predicted molar refractivity (Wildman–Crippen MR) is 355 cm³/mol. The van der Waals surface area contributed by atoms with Crippen LogP contribution >= 0.6 is 11.3 Å². The minimum Gasteiger partial charge on any atom is -0.310 e. The number of hydrogen-bond acceptors (Lipinski definition) is 3. The van der Waals surface area contributed by atoms with Gasteiger partial charge in [-0.15, -0.1) is 11.3 Å². The molecule has 14 aromatic carbocycles. The summed E-state index contributed by atoms with van der Waals surface area (Å²) in [7, 11) is 0. The Labute approximate surface area is 483 Å². The van der Waals surface area contributed by atoms with Crippen molar-refractivity contribution in [3.8, 4) is 22.5 Å². The molecule has 17 aromatic rings. The highest BCUT2D eigenvalue weighted by molar-refractivity contribution is 7.17. The number of fused-ring (bicyclic) bond motifs is 11. The zero-order valence-corrected chi connectivity index (χ0v) is 45.9. The molecule has 0 N–H and O–H groups in total. The molecule has 0 amide bonds. The maximum Gasteiger partial charge on any atom is 0.0548 e. The second kappa shape index (κ2) is 19.0. The minimum atomic E-state index is 1.08. The van der Waals surface area contributed by atoms with Gasteiger partial charge in [-0.1, -0.05) is 152 Å². The van der Waals surface area contributed by atoms with E-state index in [0.29, 0.717) is 0 Å². The van der Waals surface area contributed by atoms with Crippen LogP contribution in [0.25, 0.3) is 119 Å². The predicted octanol–water partition coefficient (Wildman–Crippen LogP) is 22.3. The monoisotopic (exact) mass is 1070 g/mol. The van der Waals surface area contributed by atoms with Crippen LogP contribution in [0.4, 0.5) is 34.1 Å². The van der Waals surface area contributed by atoms with Crippen molar-refractivity contribution < 1.29 is 0 Å². The van der Waals surface area contributed by atoms with Crippen LogP contribution in [0.5, 0.6) is 0 Å². The maximum absolute atomic E-state index is 2.48. The summed E-state index contributed by atoms with van der Waals surface area (Å²) >= 11 is 1.81. The number of hydrogen-bond donors (Lipinski definition) is 0. The standard InChI is InChI=1S/C78H50N4S/c1-3-19-60(20-4-1)81-73-25-13-11-23-68(73)71-49-65(35-38-76(71)81)79(63-33-29-56-43-52-15-7-9-17-54(52)45-58(56)47-63)62-31-27-51(28-32-62)67-37-40-75(70-41-42-83-78(67)70)80(64-34-30-57-44-53-16-8-10-18-55(53)46-59(57)48-64)66-36-39-77-72(50-66)69-24-12-14-26-74(69)82(77)61-21-5-2-6-22-61/h1-50H. The molecule has 3 heterocycles. The van der Waals surface area contributed by atoms with Crippen molar-refractivity contribution in [2.75, 3.05) is 9.80 Å². The normalized spacial score (nSPS) is 11.9. The fourth-order valence-electron chi connectivity index (χ4n) is 13.2. The molecule has 0 saturated heterocycles. The highest BCUT2D eigenvalue weighted by Gasteiger charge is 2.23. The van der Waals surface area contributed by atoms with E-state index in [9.17, 15) is 0 Å². The van der Waals surface area contributed by atoms with E-state index in [1.807, 2.05) is 0 Å². The van der Waals surface area contributed by atoms with Crippen molar-refractivity contribution in [1.29, 1.82) is 0 Å². The zero-order chi connectivity index (χ0) is 54.5. The van der Waals surface area contributed by atoms with Gasteiger partial charge in [-0.25, -0.2) is 0 Å². The van der Waals surface area contributed by atoms with E-state index >= 15 is 0 Å². The molecule has 0 radical (unpaired) electrons. The van der Waals surface area contributed by atoms with Crippen molar-refractivity contribution in [2.45, 2.75) is 0 Å². The number of nitrogens with zero attached hydrogens (tertiary/aromatic N) is 4. The fourth-order valence-corrected chi connectivity index (χ4v) is 14.1.